The van der Waals surface area contributed by atoms with Gasteiger partial charge in [0, 0.05) is 0 Å². The van der Waals surface area contributed by atoms with Crippen LogP contribution in [0.3, 0.4) is 0 Å². The Balaban J connectivity index is 2.27. The largest absolute Gasteiger partial charge is 0.515 e. The summed E-state index contributed by atoms with van der Waals surface area (Å²) in [6, 6.07) is 0. The predicted molar refractivity (Wildman–Crippen MR) is 55.6 cm³/mol. The molecule has 17 heavy (non-hydrogen) atoms. The van der Waals surface area contributed by atoms with E-state index in [4.69, 9.17) is 9.47 Å². The smallest absolute Gasteiger partial charge is 0.491 e. The van der Waals surface area contributed by atoms with Crippen molar-refractivity contribution in [3.05, 3.63) is 6.33 Å². The number of carbonyl (C=O) groups is 1. The summed E-state index contributed by atoms with van der Waals surface area (Å²) in [6.45, 7) is 3.38. The van der Waals surface area contributed by atoms with Crippen LogP contribution in [0.4, 0.5) is 4.79 Å². The van der Waals surface area contributed by atoms with Crippen molar-refractivity contribution >= 4 is 17.2 Å². The van der Waals surface area contributed by atoms with Crippen molar-refractivity contribution in [2.75, 3.05) is 0 Å². The lowest BCUT2D eigenvalue weighted by Gasteiger charge is -2.07. The van der Waals surface area contributed by atoms with Gasteiger partial charge in [-0.1, -0.05) is 0 Å². The Morgan fingerprint density at radius 3 is 2.94 bits per heavy atom. The number of carbonyl (C=O) groups excluding carboxylic acids is 1. The van der Waals surface area contributed by atoms with Crippen LogP contribution in [0.15, 0.2) is 6.33 Å². The third kappa shape index (κ3) is 2.25. The Morgan fingerprint density at radius 1 is 1.47 bits per heavy atom. The quantitative estimate of drug-likeness (QED) is 0.750. The summed E-state index contributed by atoms with van der Waals surface area (Å²) in [6.07, 6.45) is 0.125. The zero-order valence-corrected chi connectivity index (χ0v) is 9.17. The van der Waals surface area contributed by atoms with Gasteiger partial charge in [0.05, 0.1) is 12.4 Å². The molecule has 2 aromatic rings. The van der Waals surface area contributed by atoms with Gasteiger partial charge in [-0.25, -0.2) is 9.78 Å². The molecule has 0 fully saturated rings. The fourth-order valence-electron chi connectivity index (χ4n) is 1.18. The molecule has 2 N–H and O–H groups in total. The fraction of sp³-hybridized carbons (Fsp3) is 0.333. The van der Waals surface area contributed by atoms with Crippen LogP contribution in [-0.4, -0.2) is 37.5 Å². The molecule has 2 rings (SSSR count). The number of aromatic nitrogens is 4. The van der Waals surface area contributed by atoms with E-state index < -0.39 is 6.16 Å². The van der Waals surface area contributed by atoms with Crippen LogP contribution in [0.5, 0.6) is 11.8 Å². The number of imidazole rings is 1. The van der Waals surface area contributed by atoms with Gasteiger partial charge < -0.3 is 19.6 Å². The molecule has 0 radical (unpaired) electrons. The van der Waals surface area contributed by atoms with Gasteiger partial charge in [-0.2, -0.15) is 0 Å². The Labute approximate surface area is 95.6 Å². The molecule has 0 saturated carbocycles. The molecule has 0 aromatic carbocycles. The summed E-state index contributed by atoms with van der Waals surface area (Å²) >= 11 is 0. The minimum absolute atomic E-state index is 0.121. The van der Waals surface area contributed by atoms with Crippen LogP contribution in [-0.2, 0) is 4.74 Å². The van der Waals surface area contributed by atoms with Crippen LogP contribution in [0.1, 0.15) is 13.8 Å². The Hall–Kier alpha value is -2.38. The number of nitrogens with one attached hydrogen (secondary N) is 1. The van der Waals surface area contributed by atoms with E-state index in [9.17, 15) is 9.90 Å². The molecule has 0 saturated heterocycles. The molecule has 8 heteroatoms. The number of nitrogens with zero attached hydrogens (tertiary/aromatic N) is 3. The van der Waals surface area contributed by atoms with Crippen molar-refractivity contribution in [2.24, 2.45) is 0 Å². The summed E-state index contributed by atoms with van der Waals surface area (Å²) < 4.78 is 9.60. The number of H-pyrrole nitrogens is 1. The van der Waals surface area contributed by atoms with Gasteiger partial charge in [-0.15, -0.1) is 10.2 Å². The monoisotopic (exact) mass is 238 g/mol. The number of hydrogen-bond donors (Lipinski definition) is 2. The van der Waals surface area contributed by atoms with Gasteiger partial charge in [0.1, 0.15) is 5.52 Å². The molecule has 0 atom stereocenters. The van der Waals surface area contributed by atoms with Crippen LogP contribution in [0.25, 0.3) is 11.0 Å². The van der Waals surface area contributed by atoms with Gasteiger partial charge >= 0.3 is 6.16 Å². The minimum Gasteiger partial charge on any atom is -0.491 e. The van der Waals surface area contributed by atoms with E-state index in [1.54, 1.807) is 13.8 Å². The Kier molecular flexibility index (Phi) is 2.77. The standard InChI is InChI=1S/C9H10N4O4/c1-4(2)16-9(15)17-8-6-5(10-3-11-6)7(14)12-13-8/h3-4H,1-2H3,(H,10,11)(H,12,14). The summed E-state index contributed by atoms with van der Waals surface area (Å²) in [5.74, 6) is -0.438. The Morgan fingerprint density at radius 2 is 2.24 bits per heavy atom. The molecular formula is C9H10N4O4. The maximum atomic E-state index is 11.3. The molecule has 2 aromatic heterocycles. The van der Waals surface area contributed by atoms with Crippen molar-refractivity contribution < 1.29 is 19.4 Å². The summed E-state index contributed by atoms with van der Waals surface area (Å²) in [4.78, 5) is 17.8. The Bertz CT molecular complexity index is 551. The van der Waals surface area contributed by atoms with E-state index in [0.717, 1.165) is 0 Å². The predicted octanol–water partition coefficient (Wildman–Crippen LogP) is 0.982. The summed E-state index contributed by atoms with van der Waals surface area (Å²) in [7, 11) is 0. The van der Waals surface area contributed by atoms with Gasteiger partial charge in [0.2, 0.25) is 0 Å². The SMILES string of the molecule is CC(C)OC(=O)Oc1nnc(O)c2[nH]cnc12. The van der Waals surface area contributed by atoms with E-state index in [1.807, 2.05) is 0 Å². The van der Waals surface area contributed by atoms with Crippen molar-refractivity contribution in [1.29, 1.82) is 0 Å². The molecule has 0 aliphatic carbocycles. The van der Waals surface area contributed by atoms with E-state index in [0.29, 0.717) is 0 Å². The van der Waals surface area contributed by atoms with Crippen LogP contribution in [0, 0.1) is 0 Å². The minimum atomic E-state index is -0.899. The van der Waals surface area contributed by atoms with E-state index in [-0.39, 0.29) is 28.9 Å². The molecule has 2 heterocycles. The number of hydrogen-bond acceptors (Lipinski definition) is 7. The number of aromatic hydroxyl groups is 1. The van der Waals surface area contributed by atoms with Crippen LogP contribution < -0.4 is 4.74 Å². The van der Waals surface area contributed by atoms with Crippen LogP contribution in [0.2, 0.25) is 0 Å². The molecule has 0 unspecified atom stereocenters. The van der Waals surface area contributed by atoms with Crippen molar-refractivity contribution in [3.8, 4) is 11.8 Å². The lowest BCUT2D eigenvalue weighted by Crippen LogP contribution is -2.16. The third-order valence-electron chi connectivity index (χ3n) is 1.81. The molecular weight excluding hydrogens is 228 g/mol. The summed E-state index contributed by atoms with van der Waals surface area (Å²) in [5, 5.41) is 16.3. The van der Waals surface area contributed by atoms with Crippen molar-refractivity contribution in [2.45, 2.75) is 20.0 Å². The second-order valence-electron chi connectivity index (χ2n) is 3.47. The number of aromatic amines is 1. The maximum absolute atomic E-state index is 11.3. The lowest BCUT2D eigenvalue weighted by molar-refractivity contribution is 0.0716. The van der Waals surface area contributed by atoms with Gasteiger partial charge in [0.25, 0.3) is 11.8 Å². The fourth-order valence-corrected chi connectivity index (χ4v) is 1.18. The molecule has 0 aliphatic rings. The number of rotatable bonds is 2. The van der Waals surface area contributed by atoms with Crippen LogP contribution >= 0.6 is 0 Å². The normalized spacial score (nSPS) is 10.8. The van der Waals surface area contributed by atoms with Crippen molar-refractivity contribution in [3.63, 3.8) is 0 Å². The first kappa shape index (κ1) is 11.1. The second-order valence-corrected chi connectivity index (χ2v) is 3.47. The zero-order valence-electron chi connectivity index (χ0n) is 9.17. The van der Waals surface area contributed by atoms with Gasteiger partial charge in [0.15, 0.2) is 5.52 Å². The molecule has 0 amide bonds. The molecule has 0 aliphatic heterocycles. The highest BCUT2D eigenvalue weighted by molar-refractivity contribution is 5.84. The summed E-state index contributed by atoms with van der Waals surface area (Å²) in [5.41, 5.74) is 0.450. The number of fused-ring (bicyclic) bond motifs is 1. The molecule has 8 nitrogen and oxygen atoms in total. The van der Waals surface area contributed by atoms with Crippen molar-refractivity contribution in [1.82, 2.24) is 20.2 Å². The highest BCUT2D eigenvalue weighted by Crippen LogP contribution is 2.24. The lowest BCUT2D eigenvalue weighted by atomic mass is 10.4. The first-order valence-corrected chi connectivity index (χ1v) is 4.85. The topological polar surface area (TPSA) is 110 Å². The average Bonchev–Trinajstić information content (AvgIpc) is 2.70. The highest BCUT2D eigenvalue weighted by Gasteiger charge is 2.16. The van der Waals surface area contributed by atoms with E-state index in [1.165, 1.54) is 6.33 Å². The molecule has 0 bridgehead atoms. The van der Waals surface area contributed by atoms with E-state index in [2.05, 4.69) is 20.2 Å². The van der Waals surface area contributed by atoms with Gasteiger partial charge in [-0.3, -0.25) is 0 Å². The first-order chi connectivity index (χ1) is 8.08. The average molecular weight is 238 g/mol. The zero-order chi connectivity index (χ0) is 12.4. The highest BCUT2D eigenvalue weighted by atomic mass is 16.7. The molecule has 0 spiro atoms. The second kappa shape index (κ2) is 4.24. The van der Waals surface area contributed by atoms with E-state index >= 15 is 0 Å². The van der Waals surface area contributed by atoms with Gasteiger partial charge in [-0.05, 0) is 13.8 Å². The first-order valence-electron chi connectivity index (χ1n) is 4.85. The maximum Gasteiger partial charge on any atom is 0.515 e. The number of ether oxygens (including phenoxy) is 2. The third-order valence-corrected chi connectivity index (χ3v) is 1.81. The molecule has 90 valence electrons.